The van der Waals surface area contributed by atoms with Gasteiger partial charge >= 0.3 is 0 Å². The highest BCUT2D eigenvalue weighted by Gasteiger charge is 2.41. The normalized spacial score (nSPS) is 19.9. The van der Waals surface area contributed by atoms with E-state index in [4.69, 9.17) is 9.72 Å². The fourth-order valence-corrected chi connectivity index (χ4v) is 6.53. The molecule has 0 saturated heterocycles. The van der Waals surface area contributed by atoms with Crippen LogP contribution in [0.2, 0.25) is 0 Å². The van der Waals surface area contributed by atoms with Crippen molar-refractivity contribution in [2.24, 2.45) is 5.41 Å². The zero-order chi connectivity index (χ0) is 28.7. The predicted molar refractivity (Wildman–Crippen MR) is 160 cm³/mol. The highest BCUT2D eigenvalue weighted by Crippen LogP contribution is 2.41. The Morgan fingerprint density at radius 2 is 1.88 bits per heavy atom. The van der Waals surface area contributed by atoms with Gasteiger partial charge in [0.2, 0.25) is 11.9 Å². The summed E-state index contributed by atoms with van der Waals surface area (Å²) in [6, 6.07) is 14.0. The van der Waals surface area contributed by atoms with Gasteiger partial charge in [-0.15, -0.1) is 0 Å². The van der Waals surface area contributed by atoms with Crippen molar-refractivity contribution in [1.82, 2.24) is 15.3 Å². The van der Waals surface area contributed by atoms with Crippen molar-refractivity contribution in [3.8, 4) is 5.75 Å². The number of anilines is 4. The summed E-state index contributed by atoms with van der Waals surface area (Å²) in [4.78, 5) is 40.0. The summed E-state index contributed by atoms with van der Waals surface area (Å²) in [6.07, 6.45) is 8.12. The van der Waals surface area contributed by atoms with Crippen LogP contribution in [-0.4, -0.2) is 48.5 Å². The molecule has 1 unspecified atom stereocenters. The number of carbonyl (C=O) groups excluding carboxylic acids is 2. The van der Waals surface area contributed by atoms with Gasteiger partial charge in [-0.2, -0.15) is 4.98 Å². The fourth-order valence-electron chi connectivity index (χ4n) is 6.53. The number of nitrogens with zero attached hydrogens (tertiary/aromatic N) is 4. The molecule has 0 radical (unpaired) electrons. The predicted octanol–water partition coefficient (Wildman–Crippen LogP) is 5.40. The summed E-state index contributed by atoms with van der Waals surface area (Å²) in [7, 11) is 3.38. The number of rotatable bonds is 6. The average molecular weight is 555 g/mol. The molecule has 0 spiro atoms. The van der Waals surface area contributed by atoms with Gasteiger partial charge in [-0.25, -0.2) is 4.98 Å². The quantitative estimate of drug-likeness (QED) is 0.421. The maximum atomic E-state index is 13.3. The number of carbonyl (C=O) groups is 2. The highest BCUT2D eigenvalue weighted by molar-refractivity contribution is 6.01. The van der Waals surface area contributed by atoms with E-state index in [9.17, 15) is 9.59 Å². The van der Waals surface area contributed by atoms with E-state index in [2.05, 4.69) is 32.7 Å². The number of aromatic nitrogens is 2. The molecule has 9 nitrogen and oxygen atoms in total. The molecule has 1 aromatic heterocycles. The average Bonchev–Trinajstić information content (AvgIpc) is 3.65. The summed E-state index contributed by atoms with van der Waals surface area (Å²) in [5.74, 6) is 1.61. The summed E-state index contributed by atoms with van der Waals surface area (Å²) >= 11 is 0. The van der Waals surface area contributed by atoms with Crippen LogP contribution >= 0.6 is 0 Å². The molecular formula is C32H38N6O3. The molecule has 2 amide bonds. The van der Waals surface area contributed by atoms with E-state index in [1.165, 1.54) is 24.0 Å². The van der Waals surface area contributed by atoms with Gasteiger partial charge in [0.25, 0.3) is 5.91 Å². The van der Waals surface area contributed by atoms with Crippen molar-refractivity contribution < 1.29 is 14.3 Å². The van der Waals surface area contributed by atoms with Crippen LogP contribution in [0.3, 0.4) is 0 Å². The molecule has 1 atom stereocenters. The van der Waals surface area contributed by atoms with E-state index in [1.54, 1.807) is 37.4 Å². The first-order valence-electron chi connectivity index (χ1n) is 14.5. The fraction of sp³-hybridized carbons (Fsp3) is 0.438. The first-order chi connectivity index (χ1) is 19.7. The Bertz CT molecular complexity index is 1480. The van der Waals surface area contributed by atoms with Crippen LogP contribution in [0.4, 0.5) is 23.1 Å². The lowest BCUT2D eigenvalue weighted by atomic mass is 9.91. The summed E-state index contributed by atoms with van der Waals surface area (Å²) in [5.41, 5.74) is 3.82. The third-order valence-corrected chi connectivity index (χ3v) is 8.75. The van der Waals surface area contributed by atoms with E-state index < -0.39 is 5.41 Å². The summed E-state index contributed by atoms with van der Waals surface area (Å²) < 4.78 is 5.67. The second-order valence-electron chi connectivity index (χ2n) is 12.0. The minimum absolute atomic E-state index is 0.00766. The Morgan fingerprint density at radius 3 is 2.66 bits per heavy atom. The molecule has 214 valence electrons. The van der Waals surface area contributed by atoms with E-state index in [1.807, 2.05) is 32.0 Å². The minimum Gasteiger partial charge on any atom is -0.495 e. The van der Waals surface area contributed by atoms with E-state index in [0.29, 0.717) is 41.2 Å². The van der Waals surface area contributed by atoms with Crippen LogP contribution in [0.1, 0.15) is 73.5 Å². The van der Waals surface area contributed by atoms with Crippen molar-refractivity contribution >= 4 is 35.0 Å². The second-order valence-corrected chi connectivity index (χ2v) is 12.0. The van der Waals surface area contributed by atoms with Crippen LogP contribution in [0.5, 0.6) is 5.75 Å². The van der Waals surface area contributed by atoms with Crippen molar-refractivity contribution in [1.29, 1.82) is 0 Å². The zero-order valence-electron chi connectivity index (χ0n) is 24.2. The Kier molecular flexibility index (Phi) is 7.05. The van der Waals surface area contributed by atoms with Crippen molar-refractivity contribution in [2.45, 2.75) is 64.5 Å². The molecular weight excluding hydrogens is 516 g/mol. The molecule has 2 heterocycles. The largest absolute Gasteiger partial charge is 0.495 e. The number of benzene rings is 2. The lowest BCUT2D eigenvalue weighted by molar-refractivity contribution is -0.125. The van der Waals surface area contributed by atoms with E-state index in [0.717, 1.165) is 31.5 Å². The van der Waals surface area contributed by atoms with E-state index in [-0.39, 0.29) is 17.9 Å². The Hall–Kier alpha value is -4.14. The van der Waals surface area contributed by atoms with Crippen LogP contribution < -0.4 is 25.2 Å². The molecule has 2 aliphatic carbocycles. The maximum Gasteiger partial charge on any atom is 0.251 e. The monoisotopic (exact) mass is 554 g/mol. The molecule has 1 saturated carbocycles. The summed E-state index contributed by atoms with van der Waals surface area (Å²) in [5, 5.41) is 6.48. The molecule has 1 aliphatic heterocycles. The number of aryl methyl sites for hydroxylation is 1. The minimum atomic E-state index is -0.550. The number of ether oxygens (including phenoxy) is 1. The van der Waals surface area contributed by atoms with Crippen molar-refractivity contribution in [3.05, 3.63) is 65.4 Å². The number of fused-ring (bicyclic) bond motifs is 2. The third kappa shape index (κ3) is 5.09. The van der Waals surface area contributed by atoms with Gasteiger partial charge in [-0.1, -0.05) is 37.1 Å². The lowest BCUT2D eigenvalue weighted by Crippen LogP contribution is -2.45. The van der Waals surface area contributed by atoms with Crippen molar-refractivity contribution in [2.75, 3.05) is 35.8 Å². The van der Waals surface area contributed by atoms with Crippen molar-refractivity contribution in [3.63, 3.8) is 0 Å². The highest BCUT2D eigenvalue weighted by atomic mass is 16.5. The zero-order valence-corrected chi connectivity index (χ0v) is 24.2. The lowest BCUT2D eigenvalue weighted by Gasteiger charge is -2.34. The smallest absolute Gasteiger partial charge is 0.251 e. The number of nitrogens with one attached hydrogen (secondary N) is 2. The first kappa shape index (κ1) is 27.1. The molecule has 6 rings (SSSR count). The number of methoxy groups -OCH3 is 1. The number of amides is 2. The van der Waals surface area contributed by atoms with Gasteiger partial charge < -0.3 is 25.2 Å². The third-order valence-electron chi connectivity index (χ3n) is 8.75. The van der Waals surface area contributed by atoms with Crippen LogP contribution in [-0.2, 0) is 11.2 Å². The van der Waals surface area contributed by atoms with Crippen LogP contribution in [0, 0.1) is 5.41 Å². The standard InChI is InChI=1S/C32H38N6O3/c1-32(2)19-38(22-10-6-7-11-22)28-26(37(3)30(32)40)18-33-31(36-28)35-25-16-14-21(17-27(25)41-4)29(39)34-24-15-13-20-9-5-8-12-23(20)24/h5,8-9,12,14,16-18,22,24H,6-7,10-11,13,15,19H2,1-4H3,(H,34,39)(H,33,35,36). The molecule has 3 aliphatic rings. The SMILES string of the molecule is COc1cc(C(=O)NC2CCc3ccccc32)ccc1Nc1ncc2c(n1)N(C1CCCC1)CC(C)(C)C(=O)N2C. The van der Waals surface area contributed by atoms with Gasteiger partial charge in [-0.05, 0) is 68.9 Å². The van der Waals surface area contributed by atoms with Crippen LogP contribution in [0.15, 0.2) is 48.7 Å². The molecule has 9 heteroatoms. The topological polar surface area (TPSA) is 99.7 Å². The van der Waals surface area contributed by atoms with Crippen LogP contribution in [0.25, 0.3) is 0 Å². The van der Waals surface area contributed by atoms with Gasteiger partial charge in [0.05, 0.1) is 30.5 Å². The van der Waals surface area contributed by atoms with Gasteiger partial charge in [0.1, 0.15) is 11.4 Å². The van der Waals surface area contributed by atoms with Gasteiger partial charge in [0.15, 0.2) is 5.82 Å². The molecule has 1 fully saturated rings. The first-order valence-corrected chi connectivity index (χ1v) is 14.5. The van der Waals surface area contributed by atoms with E-state index >= 15 is 0 Å². The summed E-state index contributed by atoms with van der Waals surface area (Å²) in [6.45, 7) is 4.60. The molecule has 2 N–H and O–H groups in total. The Labute approximate surface area is 241 Å². The molecule has 2 aromatic carbocycles. The number of hydrogen-bond donors (Lipinski definition) is 2. The molecule has 0 bridgehead atoms. The maximum absolute atomic E-state index is 13.3. The van der Waals surface area contributed by atoms with Gasteiger partial charge in [0, 0.05) is 25.2 Å². The Balaban J connectivity index is 1.25. The second kappa shape index (κ2) is 10.7. The molecule has 41 heavy (non-hydrogen) atoms. The van der Waals surface area contributed by atoms with Gasteiger partial charge in [-0.3, -0.25) is 9.59 Å². The molecule has 3 aromatic rings. The number of hydrogen-bond acceptors (Lipinski definition) is 7. The Morgan fingerprint density at radius 1 is 1.10 bits per heavy atom.